The number of alkyl halides is 1. The maximum Gasteiger partial charge on any atom is 0.0339 e. The van der Waals surface area contributed by atoms with Crippen molar-refractivity contribution in [2.75, 3.05) is 13.1 Å². The maximum absolute atomic E-state index is 6.18. The van der Waals surface area contributed by atoms with Gasteiger partial charge in [-0.15, -0.1) is 11.6 Å². The summed E-state index contributed by atoms with van der Waals surface area (Å²) in [5, 5.41) is 4.06. The maximum atomic E-state index is 6.18. The van der Waals surface area contributed by atoms with Crippen LogP contribution in [-0.2, 0) is 0 Å². The molecule has 1 rings (SSSR count). The molecule has 1 saturated carbocycles. The topological polar surface area (TPSA) is 12.0 Å². The second kappa shape index (κ2) is 7.51. The van der Waals surface area contributed by atoms with E-state index in [1.807, 2.05) is 0 Å². The highest BCUT2D eigenvalue weighted by atomic mass is 35.5. The molecule has 2 heteroatoms. The molecule has 0 aliphatic heterocycles. The molecule has 1 nitrogen and oxygen atoms in total. The van der Waals surface area contributed by atoms with Gasteiger partial charge in [-0.05, 0) is 44.2 Å². The minimum Gasteiger partial charge on any atom is -0.316 e. The molecule has 0 amide bonds. The Hall–Kier alpha value is 0.250. The number of halogens is 1. The van der Waals surface area contributed by atoms with Gasteiger partial charge in [-0.25, -0.2) is 0 Å². The number of nitrogens with one attached hydrogen (secondary N) is 1. The molecule has 2 atom stereocenters. The number of hydrogen-bond donors (Lipinski definition) is 1. The fraction of sp³-hybridized carbons (Fsp3) is 1.00. The monoisotopic (exact) mass is 231 g/mol. The fourth-order valence-corrected chi connectivity index (χ4v) is 2.89. The second-order valence-corrected chi connectivity index (χ2v) is 5.59. The van der Waals surface area contributed by atoms with E-state index in [4.69, 9.17) is 11.6 Å². The van der Waals surface area contributed by atoms with Gasteiger partial charge in [0.15, 0.2) is 0 Å². The molecule has 1 aliphatic carbocycles. The van der Waals surface area contributed by atoms with Crippen molar-refractivity contribution in [1.29, 1.82) is 0 Å². The van der Waals surface area contributed by atoms with Crippen LogP contribution in [0.3, 0.4) is 0 Å². The molecule has 2 unspecified atom stereocenters. The number of hydrogen-bond acceptors (Lipinski definition) is 1. The van der Waals surface area contributed by atoms with Crippen molar-refractivity contribution in [3.8, 4) is 0 Å². The van der Waals surface area contributed by atoms with Gasteiger partial charge in [0, 0.05) is 5.38 Å². The largest absolute Gasteiger partial charge is 0.316 e. The van der Waals surface area contributed by atoms with Crippen molar-refractivity contribution < 1.29 is 0 Å². The van der Waals surface area contributed by atoms with E-state index in [0.29, 0.717) is 5.38 Å². The summed E-state index contributed by atoms with van der Waals surface area (Å²) in [4.78, 5) is 0. The molecule has 1 aliphatic rings. The summed E-state index contributed by atoms with van der Waals surface area (Å²) in [5.74, 6) is 1.69. The lowest BCUT2D eigenvalue weighted by Gasteiger charge is -2.26. The number of rotatable bonds is 6. The Kier molecular flexibility index (Phi) is 6.67. The summed E-state index contributed by atoms with van der Waals surface area (Å²) in [6.45, 7) is 6.94. The fourth-order valence-electron chi connectivity index (χ4n) is 2.48. The summed E-state index contributed by atoms with van der Waals surface area (Å²) in [5.41, 5.74) is 0. The van der Waals surface area contributed by atoms with Crippen molar-refractivity contribution >= 4 is 11.6 Å². The first-order valence-corrected chi connectivity index (χ1v) is 7.04. The Balaban J connectivity index is 2.08. The van der Waals surface area contributed by atoms with Crippen molar-refractivity contribution in [3.05, 3.63) is 0 Å². The van der Waals surface area contributed by atoms with Gasteiger partial charge in [-0.2, -0.15) is 0 Å². The first kappa shape index (κ1) is 13.3. The van der Waals surface area contributed by atoms with Crippen LogP contribution < -0.4 is 5.32 Å². The van der Waals surface area contributed by atoms with Crippen LogP contribution in [0.5, 0.6) is 0 Å². The smallest absolute Gasteiger partial charge is 0.0339 e. The zero-order valence-corrected chi connectivity index (χ0v) is 11.0. The van der Waals surface area contributed by atoms with Gasteiger partial charge >= 0.3 is 0 Å². The van der Waals surface area contributed by atoms with Crippen LogP contribution in [-0.4, -0.2) is 18.5 Å². The van der Waals surface area contributed by atoms with E-state index in [1.54, 1.807) is 0 Å². The van der Waals surface area contributed by atoms with Gasteiger partial charge in [0.05, 0.1) is 0 Å². The highest BCUT2D eigenvalue weighted by Gasteiger charge is 2.19. The zero-order valence-electron chi connectivity index (χ0n) is 10.3. The van der Waals surface area contributed by atoms with Crippen LogP contribution >= 0.6 is 11.6 Å². The Bertz CT molecular complexity index is 157. The molecule has 0 radical (unpaired) electrons. The summed E-state index contributed by atoms with van der Waals surface area (Å²) >= 11 is 6.18. The van der Waals surface area contributed by atoms with E-state index < -0.39 is 0 Å². The standard InChI is InChI=1S/C13H26ClN/c1-3-11(4-2)9-15-10-12-6-5-7-13(14)8-12/h11-13,15H,3-10H2,1-2H3. The Labute approximate surface area is 100.0 Å². The van der Waals surface area contributed by atoms with Crippen LogP contribution in [0.15, 0.2) is 0 Å². The lowest BCUT2D eigenvalue weighted by molar-refractivity contribution is 0.332. The quantitative estimate of drug-likeness (QED) is 0.686. The Morgan fingerprint density at radius 3 is 2.60 bits per heavy atom. The predicted octanol–water partition coefficient (Wildman–Crippen LogP) is 3.81. The van der Waals surface area contributed by atoms with Gasteiger partial charge in [-0.1, -0.05) is 33.1 Å². The van der Waals surface area contributed by atoms with Crippen molar-refractivity contribution in [1.82, 2.24) is 5.32 Å². The summed E-state index contributed by atoms with van der Waals surface area (Å²) in [6, 6.07) is 0. The molecule has 0 aromatic rings. The third-order valence-electron chi connectivity index (χ3n) is 3.74. The average molecular weight is 232 g/mol. The molecule has 15 heavy (non-hydrogen) atoms. The van der Waals surface area contributed by atoms with Crippen LogP contribution in [0.2, 0.25) is 0 Å². The van der Waals surface area contributed by atoms with E-state index in [-0.39, 0.29) is 0 Å². The first-order chi connectivity index (χ1) is 7.26. The SMILES string of the molecule is CCC(CC)CNCC1CCCC(Cl)C1. The van der Waals surface area contributed by atoms with Crippen molar-refractivity contribution in [2.45, 2.75) is 57.7 Å². The first-order valence-electron chi connectivity index (χ1n) is 6.61. The summed E-state index contributed by atoms with van der Waals surface area (Å²) in [6.07, 6.45) is 7.74. The third kappa shape index (κ3) is 5.21. The second-order valence-electron chi connectivity index (χ2n) is 4.97. The van der Waals surface area contributed by atoms with Gasteiger partial charge in [-0.3, -0.25) is 0 Å². The lowest BCUT2D eigenvalue weighted by Crippen LogP contribution is -2.30. The molecular formula is C13H26ClN. The van der Waals surface area contributed by atoms with Crippen LogP contribution in [0.4, 0.5) is 0 Å². The van der Waals surface area contributed by atoms with E-state index in [1.165, 1.54) is 51.6 Å². The molecule has 0 aromatic heterocycles. The zero-order chi connectivity index (χ0) is 11.1. The van der Waals surface area contributed by atoms with Gasteiger partial charge < -0.3 is 5.32 Å². The van der Waals surface area contributed by atoms with Crippen LogP contribution in [0.1, 0.15) is 52.4 Å². The van der Waals surface area contributed by atoms with E-state index >= 15 is 0 Å². The summed E-state index contributed by atoms with van der Waals surface area (Å²) in [7, 11) is 0. The molecule has 0 aromatic carbocycles. The molecular weight excluding hydrogens is 206 g/mol. The summed E-state index contributed by atoms with van der Waals surface area (Å²) < 4.78 is 0. The Morgan fingerprint density at radius 2 is 2.00 bits per heavy atom. The molecule has 90 valence electrons. The average Bonchev–Trinajstić information content (AvgIpc) is 2.25. The van der Waals surface area contributed by atoms with E-state index in [0.717, 1.165) is 11.8 Å². The highest BCUT2D eigenvalue weighted by Crippen LogP contribution is 2.27. The molecule has 0 saturated heterocycles. The van der Waals surface area contributed by atoms with Gasteiger partial charge in [0.1, 0.15) is 0 Å². The van der Waals surface area contributed by atoms with Crippen molar-refractivity contribution in [3.63, 3.8) is 0 Å². The van der Waals surface area contributed by atoms with Crippen LogP contribution in [0.25, 0.3) is 0 Å². The molecule has 0 bridgehead atoms. The highest BCUT2D eigenvalue weighted by molar-refractivity contribution is 6.20. The molecule has 1 fully saturated rings. The Morgan fingerprint density at radius 1 is 1.27 bits per heavy atom. The molecule has 1 N–H and O–H groups in total. The lowest BCUT2D eigenvalue weighted by atomic mass is 9.89. The predicted molar refractivity (Wildman–Crippen MR) is 68.5 cm³/mol. The molecule has 0 spiro atoms. The van der Waals surface area contributed by atoms with E-state index in [2.05, 4.69) is 19.2 Å². The molecule has 0 heterocycles. The normalized spacial score (nSPS) is 27.2. The third-order valence-corrected chi connectivity index (χ3v) is 4.14. The van der Waals surface area contributed by atoms with Crippen LogP contribution in [0, 0.1) is 11.8 Å². The minimum absolute atomic E-state index is 0.443. The van der Waals surface area contributed by atoms with E-state index in [9.17, 15) is 0 Å². The van der Waals surface area contributed by atoms with Gasteiger partial charge in [0.25, 0.3) is 0 Å². The minimum atomic E-state index is 0.443. The van der Waals surface area contributed by atoms with Crippen molar-refractivity contribution in [2.24, 2.45) is 11.8 Å². The van der Waals surface area contributed by atoms with Gasteiger partial charge in [0.2, 0.25) is 0 Å².